The molecule has 0 atom stereocenters. The average molecular weight is 351 g/mol. The molecule has 0 saturated heterocycles. The molecule has 0 aliphatic carbocycles. The Morgan fingerprint density at radius 2 is 2.04 bits per heavy atom. The molecule has 0 unspecified atom stereocenters. The fourth-order valence-corrected chi connectivity index (χ4v) is 2.54. The minimum atomic E-state index is -0.574. The molecule has 0 fully saturated rings. The highest BCUT2D eigenvalue weighted by atomic mass is 35.5. The topological polar surface area (TPSA) is 68.3 Å². The highest BCUT2D eigenvalue weighted by Crippen LogP contribution is 2.17. The third-order valence-electron chi connectivity index (χ3n) is 2.95. The largest absolute Gasteiger partial charge is 0.452 e. The second kappa shape index (κ2) is 8.55. The lowest BCUT2D eigenvalue weighted by Gasteiger charge is -2.09. The van der Waals surface area contributed by atoms with E-state index in [1.165, 1.54) is 11.8 Å². The van der Waals surface area contributed by atoms with Crippen LogP contribution < -0.4 is 5.32 Å². The van der Waals surface area contributed by atoms with Crippen molar-refractivity contribution in [2.24, 2.45) is 0 Å². The molecule has 0 aliphatic heterocycles. The summed E-state index contributed by atoms with van der Waals surface area (Å²) in [5.74, 6) is -0.969. The number of rotatable bonds is 6. The molecule has 1 aromatic heterocycles. The van der Waals surface area contributed by atoms with Crippen LogP contribution in [0.1, 0.15) is 15.9 Å². The number of carbonyl (C=O) groups is 2. The number of carbonyl (C=O) groups excluding carboxylic acids is 2. The van der Waals surface area contributed by atoms with Crippen molar-refractivity contribution in [1.29, 1.82) is 0 Å². The minimum absolute atomic E-state index is 0.277. The number of nitrogens with zero attached hydrogens (tertiary/aromatic N) is 1. The van der Waals surface area contributed by atoms with Gasteiger partial charge in [0, 0.05) is 17.8 Å². The molecule has 1 N–H and O–H groups in total. The van der Waals surface area contributed by atoms with Gasteiger partial charge in [-0.3, -0.25) is 4.79 Å². The maximum Gasteiger partial charge on any atom is 0.341 e. The van der Waals surface area contributed by atoms with Crippen molar-refractivity contribution in [2.45, 2.75) is 11.6 Å². The van der Waals surface area contributed by atoms with Crippen LogP contribution in [0.4, 0.5) is 0 Å². The summed E-state index contributed by atoms with van der Waals surface area (Å²) < 4.78 is 5.01. The first-order valence-corrected chi connectivity index (χ1v) is 8.38. The van der Waals surface area contributed by atoms with Crippen molar-refractivity contribution in [2.75, 3.05) is 12.9 Å². The third kappa shape index (κ3) is 4.97. The van der Waals surface area contributed by atoms with Gasteiger partial charge in [-0.05, 0) is 30.0 Å². The van der Waals surface area contributed by atoms with Gasteiger partial charge >= 0.3 is 5.97 Å². The average Bonchev–Trinajstić information content (AvgIpc) is 2.58. The Labute approximate surface area is 143 Å². The van der Waals surface area contributed by atoms with E-state index in [0.29, 0.717) is 15.6 Å². The molecule has 1 aromatic carbocycles. The molecular formula is C16H15ClN2O3S. The summed E-state index contributed by atoms with van der Waals surface area (Å²) in [4.78, 5) is 27.8. The van der Waals surface area contributed by atoms with Gasteiger partial charge in [0.25, 0.3) is 5.91 Å². The van der Waals surface area contributed by atoms with Gasteiger partial charge in [-0.15, -0.1) is 11.8 Å². The molecule has 0 radical (unpaired) electrons. The fraction of sp³-hybridized carbons (Fsp3) is 0.188. The van der Waals surface area contributed by atoms with E-state index in [-0.39, 0.29) is 13.2 Å². The lowest BCUT2D eigenvalue weighted by Crippen LogP contribution is -2.28. The Morgan fingerprint density at radius 3 is 2.78 bits per heavy atom. The molecule has 0 saturated carbocycles. The van der Waals surface area contributed by atoms with E-state index in [2.05, 4.69) is 10.3 Å². The van der Waals surface area contributed by atoms with Gasteiger partial charge in [0.2, 0.25) is 0 Å². The Hall–Kier alpha value is -2.05. The van der Waals surface area contributed by atoms with Crippen LogP contribution in [0.3, 0.4) is 0 Å². The van der Waals surface area contributed by atoms with Gasteiger partial charge in [-0.1, -0.05) is 29.8 Å². The van der Waals surface area contributed by atoms with Crippen LogP contribution >= 0.6 is 23.4 Å². The van der Waals surface area contributed by atoms with Gasteiger partial charge in [0.05, 0.1) is 5.56 Å². The van der Waals surface area contributed by atoms with Gasteiger partial charge in [-0.2, -0.15) is 0 Å². The van der Waals surface area contributed by atoms with E-state index in [1.54, 1.807) is 24.4 Å². The maximum absolute atomic E-state index is 12.0. The number of ether oxygens (including phenoxy) is 1. The van der Waals surface area contributed by atoms with Crippen molar-refractivity contribution in [3.8, 4) is 0 Å². The van der Waals surface area contributed by atoms with Crippen LogP contribution in [0, 0.1) is 0 Å². The van der Waals surface area contributed by atoms with E-state index in [0.717, 1.165) is 5.56 Å². The predicted molar refractivity (Wildman–Crippen MR) is 89.6 cm³/mol. The monoisotopic (exact) mass is 350 g/mol. The molecule has 1 heterocycles. The summed E-state index contributed by atoms with van der Waals surface area (Å²) in [6, 6.07) is 10.5. The second-order valence-electron chi connectivity index (χ2n) is 4.50. The van der Waals surface area contributed by atoms with E-state index in [1.807, 2.05) is 24.5 Å². The zero-order chi connectivity index (χ0) is 16.7. The second-order valence-corrected chi connectivity index (χ2v) is 5.71. The van der Waals surface area contributed by atoms with E-state index >= 15 is 0 Å². The van der Waals surface area contributed by atoms with Gasteiger partial charge in [0.1, 0.15) is 5.03 Å². The molecule has 2 rings (SSSR count). The number of pyridine rings is 1. The molecule has 2 aromatic rings. The van der Waals surface area contributed by atoms with E-state index in [9.17, 15) is 9.59 Å². The van der Waals surface area contributed by atoms with Crippen LogP contribution in [0.2, 0.25) is 5.02 Å². The molecule has 0 spiro atoms. The van der Waals surface area contributed by atoms with Crippen LogP contribution in [0.15, 0.2) is 47.6 Å². The van der Waals surface area contributed by atoms with Crippen molar-refractivity contribution >= 4 is 35.2 Å². The van der Waals surface area contributed by atoms with Crippen LogP contribution in [0.5, 0.6) is 0 Å². The number of aromatic nitrogens is 1. The molecule has 0 bridgehead atoms. The molecular weight excluding hydrogens is 336 g/mol. The first kappa shape index (κ1) is 17.3. The Morgan fingerprint density at radius 1 is 1.26 bits per heavy atom. The molecule has 23 heavy (non-hydrogen) atoms. The lowest BCUT2D eigenvalue weighted by atomic mass is 10.2. The molecule has 5 nitrogen and oxygen atoms in total. The summed E-state index contributed by atoms with van der Waals surface area (Å²) in [7, 11) is 0. The predicted octanol–water partition coefficient (Wildman–Crippen LogP) is 2.93. The standard InChI is InChI=1S/C16H15ClN2O3S/c1-23-15-12(6-4-8-18-15)16(21)22-10-14(20)19-9-11-5-2-3-7-13(11)17/h2-8H,9-10H2,1H3,(H,19,20). The highest BCUT2D eigenvalue weighted by Gasteiger charge is 2.14. The van der Waals surface area contributed by atoms with E-state index < -0.39 is 11.9 Å². The number of hydrogen-bond acceptors (Lipinski definition) is 5. The van der Waals surface area contributed by atoms with Gasteiger partial charge < -0.3 is 10.1 Å². The maximum atomic E-state index is 12.0. The smallest absolute Gasteiger partial charge is 0.341 e. The third-order valence-corrected chi connectivity index (χ3v) is 4.03. The Kier molecular flexibility index (Phi) is 6.43. The number of amides is 1. The van der Waals surface area contributed by atoms with Gasteiger partial charge in [0.15, 0.2) is 6.61 Å². The first-order valence-electron chi connectivity index (χ1n) is 6.78. The number of benzene rings is 1. The molecule has 0 aliphatic rings. The Bertz CT molecular complexity index is 709. The molecule has 120 valence electrons. The van der Waals surface area contributed by atoms with Crippen molar-refractivity contribution in [3.05, 3.63) is 58.7 Å². The molecule has 1 amide bonds. The first-order chi connectivity index (χ1) is 11.1. The minimum Gasteiger partial charge on any atom is -0.452 e. The highest BCUT2D eigenvalue weighted by molar-refractivity contribution is 7.98. The summed E-state index contributed by atoms with van der Waals surface area (Å²) >= 11 is 7.34. The van der Waals surface area contributed by atoms with Crippen molar-refractivity contribution < 1.29 is 14.3 Å². The molecule has 7 heteroatoms. The normalized spacial score (nSPS) is 10.2. The lowest BCUT2D eigenvalue weighted by molar-refractivity contribution is -0.124. The summed E-state index contributed by atoms with van der Waals surface area (Å²) in [5, 5.41) is 3.79. The zero-order valence-electron chi connectivity index (χ0n) is 12.4. The zero-order valence-corrected chi connectivity index (χ0v) is 14.0. The number of halogens is 1. The number of thioether (sulfide) groups is 1. The quantitative estimate of drug-likeness (QED) is 0.641. The van der Waals surface area contributed by atoms with Crippen LogP contribution in [-0.2, 0) is 16.1 Å². The van der Waals surface area contributed by atoms with Crippen molar-refractivity contribution in [1.82, 2.24) is 10.3 Å². The fourth-order valence-electron chi connectivity index (χ4n) is 1.80. The number of nitrogens with one attached hydrogen (secondary N) is 1. The summed E-state index contributed by atoms with van der Waals surface area (Å²) in [6.45, 7) is -0.0784. The number of hydrogen-bond donors (Lipinski definition) is 1. The van der Waals surface area contributed by atoms with Crippen molar-refractivity contribution in [3.63, 3.8) is 0 Å². The van der Waals surface area contributed by atoms with Gasteiger partial charge in [-0.25, -0.2) is 9.78 Å². The van der Waals surface area contributed by atoms with E-state index in [4.69, 9.17) is 16.3 Å². The summed E-state index contributed by atoms with van der Waals surface area (Å²) in [6.07, 6.45) is 3.41. The van der Waals surface area contributed by atoms with Crippen LogP contribution in [-0.4, -0.2) is 29.7 Å². The Balaban J connectivity index is 1.84. The SMILES string of the molecule is CSc1ncccc1C(=O)OCC(=O)NCc1ccccc1Cl. The van der Waals surface area contributed by atoms with Crippen LogP contribution in [0.25, 0.3) is 0 Å². The summed E-state index contributed by atoms with van der Waals surface area (Å²) in [5.41, 5.74) is 1.14. The number of esters is 1.